The largest absolute Gasteiger partial charge is 0.323 e. The predicted octanol–water partition coefficient (Wildman–Crippen LogP) is 3.32. The summed E-state index contributed by atoms with van der Waals surface area (Å²) >= 11 is 9.34. The van der Waals surface area contributed by atoms with Crippen LogP contribution in [0.1, 0.15) is 17.0 Å². The van der Waals surface area contributed by atoms with Crippen LogP contribution in [-0.2, 0) is 11.3 Å². The summed E-state index contributed by atoms with van der Waals surface area (Å²) in [6.07, 6.45) is 1.59. The fraction of sp³-hybridized carbons (Fsp3) is 0.200. The summed E-state index contributed by atoms with van der Waals surface area (Å²) in [5.74, 6) is -0.318. The quantitative estimate of drug-likeness (QED) is 0.802. The van der Waals surface area contributed by atoms with Gasteiger partial charge < -0.3 is 10.6 Å². The molecule has 1 atom stereocenters. The van der Waals surface area contributed by atoms with Crippen molar-refractivity contribution in [2.45, 2.75) is 12.5 Å². The molecular weight excluding hydrogens is 354 g/mol. The van der Waals surface area contributed by atoms with Crippen molar-refractivity contribution >= 4 is 39.1 Å². The average molecular weight is 367 g/mol. The van der Waals surface area contributed by atoms with Gasteiger partial charge in [-0.3, -0.25) is 4.79 Å². The summed E-state index contributed by atoms with van der Waals surface area (Å²) in [4.78, 5) is 16.6. The van der Waals surface area contributed by atoms with E-state index in [1.807, 2.05) is 24.3 Å². The van der Waals surface area contributed by atoms with Crippen molar-refractivity contribution in [2.24, 2.45) is 0 Å². The molecule has 1 aromatic heterocycles. The zero-order chi connectivity index (χ0) is 14.8. The molecule has 4 nitrogen and oxygen atoms in total. The maximum absolute atomic E-state index is 12.5. The zero-order valence-corrected chi connectivity index (χ0v) is 13.4. The fourth-order valence-corrected chi connectivity index (χ4v) is 2.94. The van der Waals surface area contributed by atoms with Crippen LogP contribution in [-0.4, -0.2) is 17.4 Å². The molecule has 1 aliphatic heterocycles. The van der Waals surface area contributed by atoms with E-state index >= 15 is 0 Å². The number of nitrogens with zero attached hydrogens (tertiary/aromatic N) is 1. The lowest BCUT2D eigenvalue weighted by Gasteiger charge is -2.25. The Labute approximate surface area is 136 Å². The molecule has 6 heteroatoms. The number of amides is 1. The van der Waals surface area contributed by atoms with Crippen molar-refractivity contribution in [2.75, 3.05) is 11.9 Å². The van der Waals surface area contributed by atoms with Gasteiger partial charge in [-0.1, -0.05) is 35.9 Å². The van der Waals surface area contributed by atoms with Crippen molar-refractivity contribution in [3.05, 3.63) is 57.3 Å². The summed E-state index contributed by atoms with van der Waals surface area (Å²) in [7, 11) is 0. The summed E-state index contributed by atoms with van der Waals surface area (Å²) in [6, 6.07) is 9.72. The van der Waals surface area contributed by atoms with Crippen molar-refractivity contribution < 1.29 is 4.79 Å². The highest BCUT2D eigenvalue weighted by Gasteiger charge is 2.26. The molecule has 0 fully saturated rings. The second-order valence-electron chi connectivity index (χ2n) is 4.86. The van der Waals surface area contributed by atoms with Gasteiger partial charge in [-0.25, -0.2) is 4.98 Å². The molecule has 0 spiro atoms. The predicted molar refractivity (Wildman–Crippen MR) is 86.5 cm³/mol. The highest BCUT2D eigenvalue weighted by Crippen LogP contribution is 2.28. The lowest BCUT2D eigenvalue weighted by atomic mass is 9.90. The normalized spacial score (nSPS) is 17.1. The van der Waals surface area contributed by atoms with Gasteiger partial charge in [0, 0.05) is 23.8 Å². The van der Waals surface area contributed by atoms with E-state index in [2.05, 4.69) is 31.5 Å². The lowest BCUT2D eigenvalue weighted by molar-refractivity contribution is -0.117. The minimum atomic E-state index is -0.231. The Balaban J connectivity index is 1.85. The Morgan fingerprint density at radius 2 is 2.24 bits per heavy atom. The van der Waals surface area contributed by atoms with Crippen molar-refractivity contribution in [3.8, 4) is 0 Å². The lowest BCUT2D eigenvalue weighted by Crippen LogP contribution is -2.35. The van der Waals surface area contributed by atoms with E-state index in [0.717, 1.165) is 22.1 Å². The first-order valence-corrected chi connectivity index (χ1v) is 7.72. The molecule has 1 aromatic carbocycles. The molecule has 0 radical (unpaired) electrons. The number of halogens is 2. The number of fused-ring (bicyclic) bond motifs is 1. The molecule has 0 saturated carbocycles. The van der Waals surface area contributed by atoms with Crippen molar-refractivity contribution in [3.63, 3.8) is 0 Å². The number of anilines is 1. The highest BCUT2D eigenvalue weighted by molar-refractivity contribution is 9.10. The van der Waals surface area contributed by atoms with E-state index in [9.17, 15) is 4.79 Å². The SMILES string of the molecule is O=C(Nc1cc(Br)cnc1Cl)C1CNCc2ccccc21. The van der Waals surface area contributed by atoms with Gasteiger partial charge in [0.1, 0.15) is 0 Å². The Hall–Kier alpha value is -1.43. The van der Waals surface area contributed by atoms with E-state index in [0.29, 0.717) is 12.2 Å². The smallest absolute Gasteiger partial charge is 0.233 e. The summed E-state index contributed by atoms with van der Waals surface area (Å²) in [6.45, 7) is 1.40. The number of pyridine rings is 1. The van der Waals surface area contributed by atoms with Crippen LogP contribution in [0.2, 0.25) is 5.15 Å². The van der Waals surface area contributed by atoms with Crippen LogP contribution in [0.4, 0.5) is 5.69 Å². The van der Waals surface area contributed by atoms with Crippen molar-refractivity contribution in [1.82, 2.24) is 10.3 Å². The van der Waals surface area contributed by atoms with Gasteiger partial charge in [0.05, 0.1) is 11.6 Å². The number of hydrogen-bond donors (Lipinski definition) is 2. The van der Waals surface area contributed by atoms with Crippen LogP contribution >= 0.6 is 27.5 Å². The number of benzene rings is 1. The number of carbonyl (C=O) groups is 1. The summed E-state index contributed by atoms with van der Waals surface area (Å²) in [5.41, 5.74) is 2.73. The highest BCUT2D eigenvalue weighted by atomic mass is 79.9. The molecular formula is C15H13BrClN3O. The number of hydrogen-bond acceptors (Lipinski definition) is 3. The van der Waals surface area contributed by atoms with E-state index in [1.54, 1.807) is 12.3 Å². The molecule has 1 aliphatic rings. The Kier molecular flexibility index (Phi) is 4.24. The molecule has 0 aliphatic carbocycles. The third kappa shape index (κ3) is 3.10. The second kappa shape index (κ2) is 6.13. The van der Waals surface area contributed by atoms with Crippen LogP contribution in [0.3, 0.4) is 0 Å². The topological polar surface area (TPSA) is 54.0 Å². The van der Waals surface area contributed by atoms with E-state index in [4.69, 9.17) is 11.6 Å². The monoisotopic (exact) mass is 365 g/mol. The summed E-state index contributed by atoms with van der Waals surface area (Å²) in [5, 5.41) is 6.40. The Bertz CT molecular complexity index is 692. The molecule has 3 rings (SSSR count). The number of aromatic nitrogens is 1. The summed E-state index contributed by atoms with van der Waals surface area (Å²) < 4.78 is 0.768. The van der Waals surface area contributed by atoms with Crippen LogP contribution in [0.25, 0.3) is 0 Å². The molecule has 2 aromatic rings. The van der Waals surface area contributed by atoms with Gasteiger partial charge in [0.25, 0.3) is 0 Å². The minimum Gasteiger partial charge on any atom is -0.323 e. The van der Waals surface area contributed by atoms with Crippen LogP contribution < -0.4 is 10.6 Å². The van der Waals surface area contributed by atoms with Gasteiger partial charge >= 0.3 is 0 Å². The molecule has 1 amide bonds. The third-order valence-corrected chi connectivity index (χ3v) is 4.21. The first-order chi connectivity index (χ1) is 10.1. The van der Waals surface area contributed by atoms with Crippen LogP contribution in [0.15, 0.2) is 41.0 Å². The van der Waals surface area contributed by atoms with Crippen molar-refractivity contribution in [1.29, 1.82) is 0 Å². The first-order valence-electron chi connectivity index (χ1n) is 6.55. The first kappa shape index (κ1) is 14.5. The maximum atomic E-state index is 12.5. The fourth-order valence-electron chi connectivity index (χ4n) is 2.46. The number of carbonyl (C=O) groups excluding carboxylic acids is 1. The second-order valence-corrected chi connectivity index (χ2v) is 6.14. The van der Waals surface area contributed by atoms with Gasteiger partial charge in [-0.2, -0.15) is 0 Å². The Morgan fingerprint density at radius 3 is 3.10 bits per heavy atom. The standard InChI is InChI=1S/C15H13BrClN3O/c16-10-5-13(14(17)19-7-10)20-15(21)12-8-18-6-9-3-1-2-4-11(9)12/h1-5,7,12,18H,6,8H2,(H,20,21). The number of rotatable bonds is 2. The number of nitrogens with one attached hydrogen (secondary N) is 2. The molecule has 21 heavy (non-hydrogen) atoms. The molecule has 2 N–H and O–H groups in total. The molecule has 2 heterocycles. The minimum absolute atomic E-state index is 0.0866. The average Bonchev–Trinajstić information content (AvgIpc) is 2.50. The van der Waals surface area contributed by atoms with Crippen LogP contribution in [0, 0.1) is 0 Å². The van der Waals surface area contributed by atoms with E-state index in [-0.39, 0.29) is 17.0 Å². The molecule has 1 unspecified atom stereocenters. The van der Waals surface area contributed by atoms with Gasteiger partial charge in [0.2, 0.25) is 5.91 Å². The van der Waals surface area contributed by atoms with E-state index in [1.165, 1.54) is 0 Å². The van der Waals surface area contributed by atoms with Gasteiger partial charge in [0.15, 0.2) is 5.15 Å². The van der Waals surface area contributed by atoms with E-state index < -0.39 is 0 Å². The van der Waals surface area contributed by atoms with Crippen LogP contribution in [0.5, 0.6) is 0 Å². The zero-order valence-electron chi connectivity index (χ0n) is 11.1. The van der Waals surface area contributed by atoms with Gasteiger partial charge in [-0.15, -0.1) is 0 Å². The third-order valence-electron chi connectivity index (χ3n) is 3.47. The van der Waals surface area contributed by atoms with Gasteiger partial charge in [-0.05, 0) is 33.1 Å². The molecule has 108 valence electrons. The molecule has 0 saturated heterocycles. The maximum Gasteiger partial charge on any atom is 0.233 e. The Morgan fingerprint density at radius 1 is 1.43 bits per heavy atom. The molecule has 0 bridgehead atoms.